The van der Waals surface area contributed by atoms with Gasteiger partial charge >= 0.3 is 0 Å². The Hall–Kier alpha value is -1.77. The highest BCUT2D eigenvalue weighted by Crippen LogP contribution is 2.28. The summed E-state index contributed by atoms with van der Waals surface area (Å²) >= 11 is 13.0. The smallest absolute Gasteiger partial charge is 0.286 e. The van der Waals surface area contributed by atoms with E-state index >= 15 is 0 Å². The molecule has 0 saturated carbocycles. The van der Waals surface area contributed by atoms with E-state index < -0.39 is 0 Å². The summed E-state index contributed by atoms with van der Waals surface area (Å²) in [6.07, 6.45) is 0.763. The zero-order valence-electron chi connectivity index (χ0n) is 16.0. The van der Waals surface area contributed by atoms with Crippen LogP contribution in [0.2, 0.25) is 5.02 Å². The average Bonchev–Trinajstić information content (AvgIpc) is 3.25. The summed E-state index contributed by atoms with van der Waals surface area (Å²) in [6.45, 7) is 5.40. The summed E-state index contributed by atoms with van der Waals surface area (Å²) in [5, 5.41) is 7.82. The first kappa shape index (κ1) is 21.9. The lowest BCUT2D eigenvalue weighted by atomic mass is 10.3. The molecule has 0 unspecified atom stereocenters. The molecular formula is C20H20Br2ClN3O3. The van der Waals surface area contributed by atoms with Crippen molar-refractivity contribution < 1.29 is 13.9 Å². The summed E-state index contributed by atoms with van der Waals surface area (Å²) < 4.78 is 15.0. The second kappa shape index (κ2) is 9.82. The minimum Gasteiger partial charge on any atom is -0.484 e. The molecule has 0 aliphatic carbocycles. The summed E-state index contributed by atoms with van der Waals surface area (Å²) in [5.74, 6) is 1.08. The Labute approximate surface area is 190 Å². The number of ether oxygens (including phenoxy) is 1. The van der Waals surface area contributed by atoms with Crippen molar-refractivity contribution >= 4 is 49.4 Å². The molecule has 1 amide bonds. The van der Waals surface area contributed by atoms with Crippen LogP contribution in [0.3, 0.4) is 0 Å². The lowest BCUT2D eigenvalue weighted by molar-refractivity contribution is 0.0920. The maximum Gasteiger partial charge on any atom is 0.286 e. The first-order chi connectivity index (χ1) is 13.8. The molecule has 0 radical (unpaired) electrons. The molecule has 6 nitrogen and oxygen atoms in total. The van der Waals surface area contributed by atoms with Crippen molar-refractivity contribution in [2.75, 3.05) is 6.54 Å². The van der Waals surface area contributed by atoms with E-state index in [-0.39, 0.29) is 18.3 Å². The van der Waals surface area contributed by atoms with Crippen LogP contribution in [0.4, 0.5) is 0 Å². The van der Waals surface area contributed by atoms with Crippen LogP contribution >= 0.6 is 43.5 Å². The number of halogens is 3. The van der Waals surface area contributed by atoms with E-state index in [0.29, 0.717) is 23.1 Å². The third kappa shape index (κ3) is 5.65. The largest absolute Gasteiger partial charge is 0.484 e. The number of aryl methyl sites for hydroxylation is 2. The van der Waals surface area contributed by atoms with E-state index in [2.05, 4.69) is 42.3 Å². The van der Waals surface area contributed by atoms with Crippen molar-refractivity contribution in [3.63, 3.8) is 0 Å². The first-order valence-corrected chi connectivity index (χ1v) is 11.0. The highest BCUT2D eigenvalue weighted by molar-refractivity contribution is 9.10. The highest BCUT2D eigenvalue weighted by Gasteiger charge is 2.12. The van der Waals surface area contributed by atoms with Crippen LogP contribution in [0, 0.1) is 13.8 Å². The van der Waals surface area contributed by atoms with Gasteiger partial charge in [-0.05, 0) is 66.5 Å². The zero-order chi connectivity index (χ0) is 21.0. The van der Waals surface area contributed by atoms with Crippen LogP contribution in [-0.4, -0.2) is 22.2 Å². The number of carbonyl (C=O) groups is 1. The van der Waals surface area contributed by atoms with Crippen LogP contribution in [0.5, 0.6) is 5.75 Å². The molecule has 3 aromatic rings. The number of benzene rings is 1. The first-order valence-electron chi connectivity index (χ1n) is 8.99. The van der Waals surface area contributed by atoms with E-state index in [0.717, 1.165) is 33.3 Å². The fourth-order valence-electron chi connectivity index (χ4n) is 2.73. The van der Waals surface area contributed by atoms with Gasteiger partial charge in [-0.3, -0.25) is 9.48 Å². The number of nitrogens with zero attached hydrogens (tertiary/aromatic N) is 2. The summed E-state index contributed by atoms with van der Waals surface area (Å²) in [5.41, 5.74) is 2.04. The number of furan rings is 1. The quantitative estimate of drug-likeness (QED) is 0.371. The summed E-state index contributed by atoms with van der Waals surface area (Å²) in [4.78, 5) is 12.3. The van der Waals surface area contributed by atoms with Crippen molar-refractivity contribution in [2.24, 2.45) is 0 Å². The Bertz CT molecular complexity index is 1020. The molecule has 29 heavy (non-hydrogen) atoms. The van der Waals surface area contributed by atoms with Crippen LogP contribution < -0.4 is 10.1 Å². The molecule has 0 aliphatic heterocycles. The van der Waals surface area contributed by atoms with Gasteiger partial charge in [-0.25, -0.2) is 0 Å². The predicted molar refractivity (Wildman–Crippen MR) is 119 cm³/mol. The van der Waals surface area contributed by atoms with E-state index in [1.165, 1.54) is 0 Å². The van der Waals surface area contributed by atoms with E-state index in [9.17, 15) is 4.79 Å². The number of amides is 1. The Morgan fingerprint density at radius 1 is 1.28 bits per heavy atom. The van der Waals surface area contributed by atoms with Crippen molar-refractivity contribution in [3.05, 3.63) is 67.2 Å². The molecule has 0 aliphatic rings. The van der Waals surface area contributed by atoms with Gasteiger partial charge in [0.2, 0.25) is 0 Å². The Balaban J connectivity index is 1.45. The molecule has 1 N–H and O–H groups in total. The van der Waals surface area contributed by atoms with E-state index in [1.807, 2.05) is 24.6 Å². The van der Waals surface area contributed by atoms with Gasteiger partial charge in [0.05, 0.1) is 15.2 Å². The number of nitrogens with one attached hydrogen (secondary N) is 1. The molecule has 9 heteroatoms. The van der Waals surface area contributed by atoms with Gasteiger partial charge in [0.25, 0.3) is 5.91 Å². The maximum atomic E-state index is 12.3. The predicted octanol–water partition coefficient (Wildman–Crippen LogP) is 5.67. The SMILES string of the molecule is Cc1nn(CCCNC(=O)c2ccc(COc3ccc(Br)cc3Cl)o2)c(C)c1Br. The minimum atomic E-state index is -0.257. The molecule has 0 atom stereocenters. The molecular weight excluding hydrogens is 525 g/mol. The van der Waals surface area contributed by atoms with Crippen molar-refractivity contribution in [1.29, 1.82) is 0 Å². The van der Waals surface area contributed by atoms with Gasteiger partial charge in [0.1, 0.15) is 18.1 Å². The van der Waals surface area contributed by atoms with Gasteiger partial charge < -0.3 is 14.5 Å². The monoisotopic (exact) mass is 543 g/mol. The number of aromatic nitrogens is 2. The molecule has 0 bridgehead atoms. The number of hydrogen-bond donors (Lipinski definition) is 1. The molecule has 3 rings (SSSR count). The lowest BCUT2D eigenvalue weighted by Crippen LogP contribution is -2.25. The van der Waals surface area contributed by atoms with Crippen LogP contribution in [0.1, 0.15) is 34.1 Å². The van der Waals surface area contributed by atoms with Crippen molar-refractivity contribution in [3.8, 4) is 5.75 Å². The van der Waals surface area contributed by atoms with Crippen LogP contribution in [-0.2, 0) is 13.2 Å². The molecule has 0 saturated heterocycles. The highest BCUT2D eigenvalue weighted by atomic mass is 79.9. The molecule has 2 heterocycles. The number of carbonyl (C=O) groups excluding carboxylic acids is 1. The number of rotatable bonds is 8. The van der Waals surface area contributed by atoms with Crippen molar-refractivity contribution in [1.82, 2.24) is 15.1 Å². The summed E-state index contributed by atoms with van der Waals surface area (Å²) in [7, 11) is 0. The topological polar surface area (TPSA) is 69.3 Å². The van der Waals surface area contributed by atoms with Gasteiger partial charge in [-0.1, -0.05) is 27.5 Å². The lowest BCUT2D eigenvalue weighted by Gasteiger charge is -2.07. The van der Waals surface area contributed by atoms with Crippen molar-refractivity contribution in [2.45, 2.75) is 33.4 Å². The minimum absolute atomic E-state index is 0.182. The maximum absolute atomic E-state index is 12.3. The van der Waals surface area contributed by atoms with Gasteiger partial charge in [-0.2, -0.15) is 5.10 Å². The molecule has 0 fully saturated rings. The third-order valence-electron chi connectivity index (χ3n) is 4.27. The molecule has 0 spiro atoms. The zero-order valence-corrected chi connectivity index (χ0v) is 19.9. The molecule has 2 aromatic heterocycles. The normalized spacial score (nSPS) is 10.9. The van der Waals surface area contributed by atoms with Gasteiger partial charge in [-0.15, -0.1) is 0 Å². The number of hydrogen-bond acceptors (Lipinski definition) is 4. The van der Waals surface area contributed by atoms with Crippen LogP contribution in [0.15, 0.2) is 43.7 Å². The fourth-order valence-corrected chi connectivity index (χ4v) is 3.74. The van der Waals surface area contributed by atoms with Crippen LogP contribution in [0.25, 0.3) is 0 Å². The average molecular weight is 546 g/mol. The van der Waals surface area contributed by atoms with Gasteiger partial charge in [0.15, 0.2) is 5.76 Å². The molecule has 1 aromatic carbocycles. The Morgan fingerprint density at radius 3 is 2.76 bits per heavy atom. The Morgan fingerprint density at radius 2 is 2.07 bits per heavy atom. The fraction of sp³-hybridized carbons (Fsp3) is 0.300. The Kier molecular flexibility index (Phi) is 7.43. The summed E-state index contributed by atoms with van der Waals surface area (Å²) in [6, 6.07) is 8.71. The second-order valence-electron chi connectivity index (χ2n) is 6.45. The van der Waals surface area contributed by atoms with E-state index in [1.54, 1.807) is 24.3 Å². The third-order valence-corrected chi connectivity index (χ3v) is 6.21. The van der Waals surface area contributed by atoms with Gasteiger partial charge in [0, 0.05) is 23.3 Å². The standard InChI is InChI=1S/C20H20Br2ClN3O3/c1-12-19(22)13(2)26(25-12)9-3-8-24-20(27)18-7-5-15(29-18)11-28-17-6-4-14(21)10-16(17)23/h4-7,10H,3,8-9,11H2,1-2H3,(H,24,27). The second-order valence-corrected chi connectivity index (χ2v) is 8.56. The van der Waals surface area contributed by atoms with E-state index in [4.69, 9.17) is 20.8 Å². The molecule has 154 valence electrons.